The van der Waals surface area contributed by atoms with E-state index in [0.29, 0.717) is 4.90 Å². The molecule has 0 aliphatic rings. The zero-order valence-corrected chi connectivity index (χ0v) is 14.2. The van der Waals surface area contributed by atoms with E-state index in [1.807, 2.05) is 0 Å². The Labute approximate surface area is 146 Å². The standard InChI is InChI=1S/C17H14F2O5S/c1-22-15-7-10(17(21)23-2)3-6-14(15)24-16(20)9-25-11-4-5-12(18)13(19)8-11/h3-8H,9H2,1-2H3. The van der Waals surface area contributed by atoms with Gasteiger partial charge in [0.25, 0.3) is 0 Å². The predicted octanol–water partition coefficient (Wildman–Crippen LogP) is 3.46. The SMILES string of the molecule is COC(=O)c1ccc(OC(=O)CSc2ccc(F)c(F)c2)c(OC)c1. The number of rotatable bonds is 6. The number of ether oxygens (including phenoxy) is 3. The summed E-state index contributed by atoms with van der Waals surface area (Å²) in [6, 6.07) is 7.57. The lowest BCUT2D eigenvalue weighted by Gasteiger charge is -2.10. The molecule has 0 spiro atoms. The molecule has 0 aliphatic heterocycles. The van der Waals surface area contributed by atoms with Gasteiger partial charge in [0.2, 0.25) is 0 Å². The van der Waals surface area contributed by atoms with Crippen LogP contribution in [0.25, 0.3) is 0 Å². The topological polar surface area (TPSA) is 61.8 Å². The highest BCUT2D eigenvalue weighted by Crippen LogP contribution is 2.29. The van der Waals surface area contributed by atoms with Crippen molar-refractivity contribution >= 4 is 23.7 Å². The Hall–Kier alpha value is -2.61. The first-order chi connectivity index (χ1) is 11.9. The molecular weight excluding hydrogens is 354 g/mol. The van der Waals surface area contributed by atoms with E-state index in [9.17, 15) is 18.4 Å². The van der Waals surface area contributed by atoms with Crippen LogP contribution in [0.4, 0.5) is 8.78 Å². The van der Waals surface area contributed by atoms with Gasteiger partial charge < -0.3 is 14.2 Å². The molecule has 0 amide bonds. The second-order valence-electron chi connectivity index (χ2n) is 4.70. The second kappa shape index (κ2) is 8.48. The van der Waals surface area contributed by atoms with E-state index < -0.39 is 23.6 Å². The Kier molecular flexibility index (Phi) is 6.35. The average molecular weight is 368 g/mol. The molecule has 2 rings (SSSR count). The molecule has 25 heavy (non-hydrogen) atoms. The van der Waals surface area contributed by atoms with E-state index in [-0.39, 0.29) is 22.8 Å². The Morgan fingerprint density at radius 3 is 2.40 bits per heavy atom. The molecule has 0 saturated carbocycles. The van der Waals surface area contributed by atoms with Gasteiger partial charge in [-0.2, -0.15) is 0 Å². The third-order valence-corrected chi connectivity index (χ3v) is 4.02. The third kappa shape index (κ3) is 4.93. The van der Waals surface area contributed by atoms with Crippen LogP contribution in [0.3, 0.4) is 0 Å². The van der Waals surface area contributed by atoms with Crippen LogP contribution in [0.2, 0.25) is 0 Å². The van der Waals surface area contributed by atoms with Crippen LogP contribution in [0, 0.1) is 11.6 Å². The normalized spacial score (nSPS) is 10.2. The first-order valence-electron chi connectivity index (χ1n) is 6.99. The van der Waals surface area contributed by atoms with Crippen LogP contribution in [-0.2, 0) is 9.53 Å². The second-order valence-corrected chi connectivity index (χ2v) is 5.74. The Bertz CT molecular complexity index is 795. The minimum atomic E-state index is -0.988. The van der Waals surface area contributed by atoms with Gasteiger partial charge in [0.1, 0.15) is 0 Å². The van der Waals surface area contributed by atoms with E-state index in [0.717, 1.165) is 23.9 Å². The van der Waals surface area contributed by atoms with Crippen LogP contribution in [0.1, 0.15) is 10.4 Å². The highest BCUT2D eigenvalue weighted by molar-refractivity contribution is 8.00. The summed E-state index contributed by atoms with van der Waals surface area (Å²) < 4.78 is 40.8. The van der Waals surface area contributed by atoms with E-state index in [1.54, 1.807) is 0 Å². The molecule has 2 aromatic rings. The summed E-state index contributed by atoms with van der Waals surface area (Å²) in [7, 11) is 2.61. The molecule has 0 saturated heterocycles. The number of methoxy groups -OCH3 is 2. The van der Waals surface area contributed by atoms with Gasteiger partial charge in [0.15, 0.2) is 23.1 Å². The quantitative estimate of drug-likeness (QED) is 0.442. The van der Waals surface area contributed by atoms with Crippen LogP contribution in [0.5, 0.6) is 11.5 Å². The molecule has 0 N–H and O–H groups in total. The molecule has 132 valence electrons. The molecule has 0 unspecified atom stereocenters. The van der Waals surface area contributed by atoms with Crippen molar-refractivity contribution in [3.8, 4) is 11.5 Å². The van der Waals surface area contributed by atoms with Crippen LogP contribution in [-0.4, -0.2) is 31.9 Å². The molecular formula is C17H14F2O5S. The van der Waals surface area contributed by atoms with E-state index >= 15 is 0 Å². The maximum absolute atomic E-state index is 13.1. The number of benzene rings is 2. The van der Waals surface area contributed by atoms with Crippen LogP contribution in [0.15, 0.2) is 41.3 Å². The third-order valence-electron chi connectivity index (χ3n) is 3.06. The van der Waals surface area contributed by atoms with Gasteiger partial charge in [-0.3, -0.25) is 4.79 Å². The van der Waals surface area contributed by atoms with Crippen molar-refractivity contribution in [3.05, 3.63) is 53.6 Å². The first-order valence-corrected chi connectivity index (χ1v) is 7.98. The molecule has 8 heteroatoms. The molecule has 0 radical (unpaired) electrons. The Balaban J connectivity index is 2.02. The summed E-state index contributed by atoms with van der Waals surface area (Å²) >= 11 is 1.000. The molecule has 0 bridgehead atoms. The smallest absolute Gasteiger partial charge is 0.337 e. The summed E-state index contributed by atoms with van der Waals surface area (Å²) in [4.78, 5) is 23.8. The minimum absolute atomic E-state index is 0.118. The first kappa shape index (κ1) is 18.7. The number of thioether (sulfide) groups is 1. The van der Waals surface area contributed by atoms with Crippen molar-refractivity contribution < 1.29 is 32.6 Å². The number of carbonyl (C=O) groups excluding carboxylic acids is 2. The lowest BCUT2D eigenvalue weighted by molar-refractivity contribution is -0.131. The zero-order chi connectivity index (χ0) is 18.4. The van der Waals surface area contributed by atoms with Crippen LogP contribution >= 0.6 is 11.8 Å². The van der Waals surface area contributed by atoms with Gasteiger partial charge in [0.05, 0.1) is 25.5 Å². The van der Waals surface area contributed by atoms with Gasteiger partial charge in [-0.25, -0.2) is 13.6 Å². The number of halogens is 2. The van der Waals surface area contributed by atoms with Crippen molar-refractivity contribution in [2.24, 2.45) is 0 Å². The lowest BCUT2D eigenvalue weighted by atomic mass is 10.2. The largest absolute Gasteiger partial charge is 0.493 e. The predicted molar refractivity (Wildman–Crippen MR) is 87.1 cm³/mol. The number of hydrogen-bond acceptors (Lipinski definition) is 6. The monoisotopic (exact) mass is 368 g/mol. The van der Waals surface area contributed by atoms with E-state index in [1.165, 1.54) is 38.5 Å². The number of carbonyl (C=O) groups is 2. The summed E-state index contributed by atoms with van der Waals surface area (Å²) in [5.41, 5.74) is 0.246. The molecule has 0 heterocycles. The van der Waals surface area contributed by atoms with Crippen molar-refractivity contribution in [1.29, 1.82) is 0 Å². The molecule has 0 aliphatic carbocycles. The summed E-state index contributed by atoms with van der Waals surface area (Å²) in [5, 5.41) is 0. The van der Waals surface area contributed by atoms with Gasteiger partial charge in [-0.05, 0) is 36.4 Å². The summed E-state index contributed by atoms with van der Waals surface area (Å²) in [6.07, 6.45) is 0. The average Bonchev–Trinajstić information content (AvgIpc) is 2.62. The van der Waals surface area contributed by atoms with Gasteiger partial charge in [0, 0.05) is 4.90 Å². The zero-order valence-electron chi connectivity index (χ0n) is 13.4. The summed E-state index contributed by atoms with van der Waals surface area (Å²) in [5.74, 6) is -2.91. The molecule has 0 aromatic heterocycles. The maximum atomic E-state index is 13.1. The van der Waals surface area contributed by atoms with E-state index in [2.05, 4.69) is 4.74 Å². The fourth-order valence-corrected chi connectivity index (χ4v) is 2.55. The van der Waals surface area contributed by atoms with Crippen molar-refractivity contribution in [2.75, 3.05) is 20.0 Å². The molecule has 0 atom stereocenters. The fraction of sp³-hybridized carbons (Fsp3) is 0.176. The minimum Gasteiger partial charge on any atom is -0.493 e. The maximum Gasteiger partial charge on any atom is 0.337 e. The van der Waals surface area contributed by atoms with Crippen molar-refractivity contribution in [1.82, 2.24) is 0 Å². The molecule has 0 fully saturated rings. The van der Waals surface area contributed by atoms with Gasteiger partial charge >= 0.3 is 11.9 Å². The van der Waals surface area contributed by atoms with Crippen molar-refractivity contribution in [3.63, 3.8) is 0 Å². The fourth-order valence-electron chi connectivity index (χ4n) is 1.86. The van der Waals surface area contributed by atoms with Gasteiger partial charge in [-0.15, -0.1) is 11.8 Å². The molecule has 2 aromatic carbocycles. The number of hydrogen-bond donors (Lipinski definition) is 0. The highest BCUT2D eigenvalue weighted by Gasteiger charge is 2.15. The highest BCUT2D eigenvalue weighted by atomic mass is 32.2. The Morgan fingerprint density at radius 2 is 1.76 bits per heavy atom. The van der Waals surface area contributed by atoms with E-state index in [4.69, 9.17) is 9.47 Å². The van der Waals surface area contributed by atoms with Gasteiger partial charge in [-0.1, -0.05) is 0 Å². The lowest BCUT2D eigenvalue weighted by Crippen LogP contribution is -2.12. The Morgan fingerprint density at radius 1 is 1.00 bits per heavy atom. The number of esters is 2. The molecule has 5 nitrogen and oxygen atoms in total. The van der Waals surface area contributed by atoms with Crippen molar-refractivity contribution in [2.45, 2.75) is 4.90 Å². The summed E-state index contributed by atoms with van der Waals surface area (Å²) in [6.45, 7) is 0. The van der Waals surface area contributed by atoms with Crippen LogP contribution < -0.4 is 9.47 Å².